The van der Waals surface area contributed by atoms with E-state index in [1.54, 1.807) is 0 Å². The molecule has 2 aromatic rings. The molecule has 7 heteroatoms. The molecule has 1 aliphatic rings. The number of piperidine rings is 1. The molecule has 0 spiro atoms. The Morgan fingerprint density at radius 3 is 2.25 bits per heavy atom. The Morgan fingerprint density at radius 1 is 1.04 bits per heavy atom. The quantitative estimate of drug-likeness (QED) is 0.645. The normalized spacial score (nSPS) is 16.6. The zero-order valence-corrected chi connectivity index (χ0v) is 16.8. The summed E-state index contributed by atoms with van der Waals surface area (Å²) in [5, 5.41) is 0.685. The van der Waals surface area contributed by atoms with Gasteiger partial charge in [-0.3, -0.25) is 4.90 Å². The summed E-state index contributed by atoms with van der Waals surface area (Å²) in [6.45, 7) is 4.88. The number of ether oxygens (including phenoxy) is 3. The van der Waals surface area contributed by atoms with E-state index in [4.69, 9.17) is 25.8 Å². The van der Waals surface area contributed by atoms with Crippen molar-refractivity contribution in [1.82, 2.24) is 4.90 Å². The van der Waals surface area contributed by atoms with E-state index in [1.807, 2.05) is 24.3 Å². The first kappa shape index (κ1) is 20.7. The van der Waals surface area contributed by atoms with Gasteiger partial charge in [0, 0.05) is 36.8 Å². The lowest BCUT2D eigenvalue weighted by atomic mass is 9.93. The van der Waals surface area contributed by atoms with Crippen LogP contribution in [-0.4, -0.2) is 43.9 Å². The maximum Gasteiger partial charge on any atom is 0.164 e. The average Bonchev–Trinajstić information content (AvgIpc) is 2.68. The highest BCUT2D eigenvalue weighted by Gasteiger charge is 2.32. The third-order valence-electron chi connectivity index (χ3n) is 4.96. The van der Waals surface area contributed by atoms with Crippen molar-refractivity contribution in [3.05, 3.63) is 53.1 Å². The number of rotatable bonds is 7. The standard InChI is InChI=1S/C21H24ClF2NO3/c1-21(28-16-5-3-15(22)4-6-16)7-9-25(10-8-21)11-12-27-20-14-18(24)17(23)13-19(20)26-2/h3-6,13-14H,7-12H2,1-2H3. The van der Waals surface area contributed by atoms with Gasteiger partial charge >= 0.3 is 0 Å². The van der Waals surface area contributed by atoms with Crippen LogP contribution in [0.5, 0.6) is 17.2 Å². The Balaban J connectivity index is 1.47. The lowest BCUT2D eigenvalue weighted by Crippen LogP contribution is -2.47. The summed E-state index contributed by atoms with van der Waals surface area (Å²) in [5.41, 5.74) is -0.228. The van der Waals surface area contributed by atoms with E-state index in [2.05, 4.69) is 11.8 Å². The van der Waals surface area contributed by atoms with Crippen molar-refractivity contribution in [3.63, 3.8) is 0 Å². The third-order valence-corrected chi connectivity index (χ3v) is 5.22. The Labute approximate surface area is 169 Å². The molecule has 0 aromatic heterocycles. The molecule has 3 rings (SSSR count). The second-order valence-corrected chi connectivity index (χ2v) is 7.55. The molecule has 1 heterocycles. The van der Waals surface area contributed by atoms with E-state index in [0.717, 1.165) is 43.8 Å². The fourth-order valence-corrected chi connectivity index (χ4v) is 3.33. The van der Waals surface area contributed by atoms with Gasteiger partial charge in [-0.05, 0) is 44.0 Å². The Bertz CT molecular complexity index is 793. The molecule has 1 fully saturated rings. The molecule has 1 aliphatic heterocycles. The molecule has 1 saturated heterocycles. The van der Waals surface area contributed by atoms with E-state index in [0.29, 0.717) is 18.2 Å². The van der Waals surface area contributed by atoms with Gasteiger partial charge in [-0.1, -0.05) is 11.6 Å². The van der Waals surface area contributed by atoms with Crippen LogP contribution in [0.25, 0.3) is 0 Å². The van der Waals surface area contributed by atoms with Crippen LogP contribution in [-0.2, 0) is 0 Å². The van der Waals surface area contributed by atoms with Gasteiger partial charge in [0.05, 0.1) is 7.11 Å². The van der Waals surface area contributed by atoms with Gasteiger partial charge in [0.15, 0.2) is 23.1 Å². The van der Waals surface area contributed by atoms with E-state index >= 15 is 0 Å². The maximum atomic E-state index is 13.4. The lowest BCUT2D eigenvalue weighted by Gasteiger charge is -2.39. The highest BCUT2D eigenvalue weighted by Crippen LogP contribution is 2.31. The number of hydrogen-bond acceptors (Lipinski definition) is 4. The highest BCUT2D eigenvalue weighted by atomic mass is 35.5. The first-order valence-corrected chi connectivity index (χ1v) is 9.59. The summed E-state index contributed by atoms with van der Waals surface area (Å²) < 4.78 is 43.5. The van der Waals surface area contributed by atoms with Crippen LogP contribution in [0, 0.1) is 11.6 Å². The Morgan fingerprint density at radius 2 is 1.64 bits per heavy atom. The molecule has 28 heavy (non-hydrogen) atoms. The molecule has 0 amide bonds. The largest absolute Gasteiger partial charge is 0.493 e. The van der Waals surface area contributed by atoms with Crippen LogP contribution in [0.2, 0.25) is 5.02 Å². The van der Waals surface area contributed by atoms with Gasteiger partial charge in [0.1, 0.15) is 18.0 Å². The molecule has 0 unspecified atom stereocenters. The Hall–Kier alpha value is -2.05. The summed E-state index contributed by atoms with van der Waals surface area (Å²) >= 11 is 5.92. The molecule has 0 atom stereocenters. The number of methoxy groups -OCH3 is 1. The lowest BCUT2D eigenvalue weighted by molar-refractivity contribution is 0.0135. The van der Waals surface area contributed by atoms with E-state index in [1.165, 1.54) is 7.11 Å². The smallest absolute Gasteiger partial charge is 0.164 e. The van der Waals surface area contributed by atoms with Crippen molar-refractivity contribution in [3.8, 4) is 17.2 Å². The summed E-state index contributed by atoms with van der Waals surface area (Å²) in [6, 6.07) is 9.40. The Kier molecular flexibility index (Phi) is 6.62. The number of hydrogen-bond donors (Lipinski definition) is 0. The fraction of sp³-hybridized carbons (Fsp3) is 0.429. The predicted octanol–water partition coefficient (Wildman–Crippen LogP) is 4.94. The number of halogens is 3. The summed E-state index contributed by atoms with van der Waals surface area (Å²) in [4.78, 5) is 2.26. The monoisotopic (exact) mass is 411 g/mol. The summed E-state index contributed by atoms with van der Waals surface area (Å²) in [6.07, 6.45) is 1.76. The SMILES string of the molecule is COc1cc(F)c(F)cc1OCCN1CCC(C)(Oc2ccc(Cl)cc2)CC1. The van der Waals surface area contributed by atoms with Crippen LogP contribution in [0.1, 0.15) is 19.8 Å². The van der Waals surface area contributed by atoms with Gasteiger partial charge in [0.2, 0.25) is 0 Å². The number of nitrogens with zero attached hydrogens (tertiary/aromatic N) is 1. The predicted molar refractivity (Wildman–Crippen MR) is 105 cm³/mol. The minimum atomic E-state index is -0.958. The van der Waals surface area contributed by atoms with Crippen molar-refractivity contribution in [1.29, 1.82) is 0 Å². The molecule has 0 bridgehead atoms. The molecule has 4 nitrogen and oxygen atoms in total. The van der Waals surface area contributed by atoms with E-state index in [-0.39, 0.29) is 17.1 Å². The third kappa shape index (κ3) is 5.26. The summed E-state index contributed by atoms with van der Waals surface area (Å²) in [5.74, 6) is -0.714. The molecule has 0 radical (unpaired) electrons. The minimum absolute atomic E-state index is 0.182. The maximum absolute atomic E-state index is 13.4. The first-order valence-electron chi connectivity index (χ1n) is 9.21. The molecule has 2 aromatic carbocycles. The van der Waals surface area contributed by atoms with Gasteiger partial charge in [-0.25, -0.2) is 8.78 Å². The summed E-state index contributed by atoms with van der Waals surface area (Å²) in [7, 11) is 1.39. The van der Waals surface area contributed by atoms with Gasteiger partial charge in [-0.2, -0.15) is 0 Å². The molecule has 0 N–H and O–H groups in total. The number of benzene rings is 2. The van der Waals surface area contributed by atoms with Crippen LogP contribution in [0.3, 0.4) is 0 Å². The second-order valence-electron chi connectivity index (χ2n) is 7.11. The molecular weight excluding hydrogens is 388 g/mol. The van der Waals surface area contributed by atoms with E-state index < -0.39 is 11.6 Å². The molecular formula is C21H24ClF2NO3. The topological polar surface area (TPSA) is 30.9 Å². The average molecular weight is 412 g/mol. The van der Waals surface area contributed by atoms with Crippen molar-refractivity contribution in [2.45, 2.75) is 25.4 Å². The van der Waals surface area contributed by atoms with Crippen LogP contribution in [0.15, 0.2) is 36.4 Å². The first-order chi connectivity index (χ1) is 13.4. The second kappa shape index (κ2) is 8.97. The van der Waals surface area contributed by atoms with Gasteiger partial charge < -0.3 is 14.2 Å². The van der Waals surface area contributed by atoms with Crippen molar-refractivity contribution in [2.75, 3.05) is 33.4 Å². The zero-order valence-electron chi connectivity index (χ0n) is 16.0. The van der Waals surface area contributed by atoms with Crippen LogP contribution in [0.4, 0.5) is 8.78 Å². The molecule has 0 saturated carbocycles. The number of likely N-dealkylation sites (tertiary alicyclic amines) is 1. The van der Waals surface area contributed by atoms with E-state index in [9.17, 15) is 8.78 Å². The van der Waals surface area contributed by atoms with Crippen molar-refractivity contribution < 1.29 is 23.0 Å². The van der Waals surface area contributed by atoms with Gasteiger partial charge in [-0.15, -0.1) is 0 Å². The highest BCUT2D eigenvalue weighted by molar-refractivity contribution is 6.30. The molecule has 152 valence electrons. The zero-order chi connectivity index (χ0) is 20.1. The fourth-order valence-electron chi connectivity index (χ4n) is 3.21. The van der Waals surface area contributed by atoms with Crippen molar-refractivity contribution >= 4 is 11.6 Å². The van der Waals surface area contributed by atoms with Crippen LogP contribution >= 0.6 is 11.6 Å². The molecule has 0 aliphatic carbocycles. The van der Waals surface area contributed by atoms with Crippen LogP contribution < -0.4 is 14.2 Å². The van der Waals surface area contributed by atoms with Crippen molar-refractivity contribution in [2.24, 2.45) is 0 Å². The van der Waals surface area contributed by atoms with Gasteiger partial charge in [0.25, 0.3) is 0 Å². The minimum Gasteiger partial charge on any atom is -0.493 e.